The molecule has 1 amide bonds. The predicted molar refractivity (Wildman–Crippen MR) is 140 cm³/mol. The van der Waals surface area contributed by atoms with Crippen molar-refractivity contribution in [2.75, 3.05) is 69.8 Å². The number of benzene rings is 2. The molecule has 0 aliphatic carbocycles. The van der Waals surface area contributed by atoms with Crippen molar-refractivity contribution >= 4 is 28.4 Å². The van der Waals surface area contributed by atoms with E-state index in [9.17, 15) is 18.4 Å². The molecule has 2 saturated heterocycles. The van der Waals surface area contributed by atoms with Crippen LogP contribution in [-0.4, -0.2) is 81.8 Å². The summed E-state index contributed by atoms with van der Waals surface area (Å²) in [6.07, 6.45) is 0.445. The van der Waals surface area contributed by atoms with Crippen molar-refractivity contribution in [3.05, 3.63) is 68.9 Å². The van der Waals surface area contributed by atoms with Gasteiger partial charge in [0.25, 0.3) is 5.91 Å². The van der Waals surface area contributed by atoms with E-state index in [1.54, 1.807) is 17.0 Å². The van der Waals surface area contributed by atoms with E-state index in [4.69, 9.17) is 9.15 Å². The molecule has 0 saturated carbocycles. The van der Waals surface area contributed by atoms with Crippen molar-refractivity contribution < 1.29 is 22.7 Å². The van der Waals surface area contributed by atoms with E-state index >= 15 is 0 Å². The van der Waals surface area contributed by atoms with Crippen LogP contribution in [0.4, 0.5) is 20.4 Å². The number of halogens is 2. The lowest BCUT2D eigenvalue weighted by molar-refractivity contribution is 0.0399. The molecule has 6 rings (SSSR count). The van der Waals surface area contributed by atoms with Gasteiger partial charge < -0.3 is 28.8 Å². The minimum atomic E-state index is -0.642. The van der Waals surface area contributed by atoms with Crippen molar-refractivity contribution in [1.29, 1.82) is 0 Å². The lowest BCUT2D eigenvalue weighted by atomic mass is 10.0. The second-order valence-corrected chi connectivity index (χ2v) is 10.4. The minimum absolute atomic E-state index is 0.151. The average molecular weight is 525 g/mol. The quantitative estimate of drug-likeness (QED) is 0.509. The van der Waals surface area contributed by atoms with E-state index in [-0.39, 0.29) is 17.9 Å². The van der Waals surface area contributed by atoms with Gasteiger partial charge in [-0.05, 0) is 38.7 Å². The molecule has 0 unspecified atom stereocenters. The zero-order chi connectivity index (χ0) is 26.6. The highest BCUT2D eigenvalue weighted by atomic mass is 19.1. The largest absolute Gasteiger partial charge is 0.440 e. The summed E-state index contributed by atoms with van der Waals surface area (Å²) < 4.78 is 40.3. The molecule has 2 aromatic carbocycles. The number of anilines is 2. The van der Waals surface area contributed by atoms with Gasteiger partial charge in [0.2, 0.25) is 0 Å². The van der Waals surface area contributed by atoms with Crippen LogP contribution in [0.15, 0.2) is 39.5 Å². The smallest absolute Gasteiger partial charge is 0.254 e. The maximum atomic E-state index is 14.4. The fraction of sp³-hybridized carbons (Fsp3) is 0.429. The van der Waals surface area contributed by atoms with Gasteiger partial charge in [0.05, 0.1) is 18.6 Å². The number of rotatable bonds is 5. The summed E-state index contributed by atoms with van der Waals surface area (Å²) in [5, 5.41) is 0.317. The lowest BCUT2D eigenvalue weighted by Crippen LogP contribution is -2.59. The van der Waals surface area contributed by atoms with Crippen molar-refractivity contribution in [3.8, 4) is 0 Å². The van der Waals surface area contributed by atoms with Crippen LogP contribution < -0.4 is 15.2 Å². The molecule has 0 N–H and O–H groups in total. The molecule has 3 aliphatic heterocycles. The van der Waals surface area contributed by atoms with Crippen LogP contribution in [0, 0.1) is 11.6 Å². The van der Waals surface area contributed by atoms with Crippen LogP contribution in [0.1, 0.15) is 21.5 Å². The molecule has 10 heteroatoms. The van der Waals surface area contributed by atoms with Crippen LogP contribution in [0.3, 0.4) is 0 Å². The Kier molecular flexibility index (Phi) is 6.31. The fourth-order valence-corrected chi connectivity index (χ4v) is 5.48. The van der Waals surface area contributed by atoms with Gasteiger partial charge in [-0.3, -0.25) is 9.59 Å². The molecule has 0 spiro atoms. The second-order valence-electron chi connectivity index (χ2n) is 10.4. The Bertz CT molecular complexity index is 1460. The summed E-state index contributed by atoms with van der Waals surface area (Å²) in [6, 6.07) is 7.36. The van der Waals surface area contributed by atoms with Gasteiger partial charge in [-0.15, -0.1) is 0 Å². The van der Waals surface area contributed by atoms with Crippen LogP contribution in [-0.2, 0) is 17.7 Å². The van der Waals surface area contributed by atoms with Crippen LogP contribution >= 0.6 is 0 Å². The summed E-state index contributed by atoms with van der Waals surface area (Å²) >= 11 is 0. The Morgan fingerprint density at radius 2 is 1.82 bits per heavy atom. The summed E-state index contributed by atoms with van der Waals surface area (Å²) in [6.45, 7) is 4.22. The van der Waals surface area contributed by atoms with Crippen molar-refractivity contribution in [2.24, 2.45) is 0 Å². The number of carbonyl (C=O) groups is 1. The minimum Gasteiger partial charge on any atom is -0.440 e. The first-order valence-electron chi connectivity index (χ1n) is 12.9. The van der Waals surface area contributed by atoms with Gasteiger partial charge in [0, 0.05) is 79.8 Å². The van der Waals surface area contributed by atoms with Crippen LogP contribution in [0.25, 0.3) is 11.0 Å². The molecule has 0 atom stereocenters. The second kappa shape index (κ2) is 9.67. The summed E-state index contributed by atoms with van der Waals surface area (Å²) in [7, 11) is 3.97. The first kappa shape index (κ1) is 24.8. The van der Waals surface area contributed by atoms with E-state index in [0.717, 1.165) is 6.07 Å². The van der Waals surface area contributed by atoms with E-state index in [1.165, 1.54) is 12.1 Å². The number of amides is 1. The highest BCUT2D eigenvalue weighted by Crippen LogP contribution is 2.34. The normalized spacial score (nSPS) is 17.9. The summed E-state index contributed by atoms with van der Waals surface area (Å²) in [5.41, 5.74) is 2.12. The third-order valence-electron chi connectivity index (χ3n) is 7.81. The molecule has 38 heavy (non-hydrogen) atoms. The van der Waals surface area contributed by atoms with Crippen LogP contribution in [0.5, 0.6) is 0 Å². The number of likely N-dealkylation sites (N-methyl/N-ethyl adjacent to an activating group) is 1. The Morgan fingerprint density at radius 1 is 1.05 bits per heavy atom. The number of hydrogen-bond acceptors (Lipinski definition) is 7. The molecule has 0 radical (unpaired) electrons. The topological polar surface area (TPSA) is 69.5 Å². The Morgan fingerprint density at radius 3 is 2.55 bits per heavy atom. The summed E-state index contributed by atoms with van der Waals surface area (Å²) in [4.78, 5) is 34.4. The number of likely N-dealkylation sites (tertiary alicyclic amines) is 1. The van der Waals surface area contributed by atoms with E-state index in [2.05, 4.69) is 4.90 Å². The monoisotopic (exact) mass is 524 g/mol. The predicted octanol–water partition coefficient (Wildman–Crippen LogP) is 2.86. The molecule has 8 nitrogen and oxygen atoms in total. The average Bonchev–Trinajstić information content (AvgIpc) is 3.26. The van der Waals surface area contributed by atoms with Crippen LogP contribution in [0.2, 0.25) is 0 Å². The van der Waals surface area contributed by atoms with Gasteiger partial charge in [-0.2, -0.15) is 0 Å². The molecule has 1 aromatic heterocycles. The van der Waals surface area contributed by atoms with Gasteiger partial charge in [0.15, 0.2) is 11.3 Å². The zero-order valence-corrected chi connectivity index (χ0v) is 21.5. The zero-order valence-electron chi connectivity index (χ0n) is 21.5. The third-order valence-corrected chi connectivity index (χ3v) is 7.81. The third kappa shape index (κ3) is 4.41. The number of hydrogen-bond donors (Lipinski definition) is 0. The maximum Gasteiger partial charge on any atom is 0.254 e. The molecule has 2 fully saturated rings. The molecular weight excluding hydrogens is 494 g/mol. The first-order chi connectivity index (χ1) is 18.3. The number of ether oxygens (including phenoxy) is 1. The number of fused-ring (bicyclic) bond motifs is 2. The highest BCUT2D eigenvalue weighted by molar-refractivity contribution is 5.99. The number of morpholine rings is 1. The molecule has 3 aliphatic rings. The van der Waals surface area contributed by atoms with Crippen molar-refractivity contribution in [3.63, 3.8) is 0 Å². The maximum absolute atomic E-state index is 14.4. The van der Waals surface area contributed by atoms with E-state index < -0.39 is 11.6 Å². The molecule has 200 valence electrons. The lowest BCUT2D eigenvalue weighted by Gasteiger charge is -2.42. The molecule has 4 heterocycles. The van der Waals surface area contributed by atoms with E-state index in [1.807, 2.05) is 23.9 Å². The standard InChI is InChI=1S/C28H30F2N4O4/c1-31(2)20-15-34(16-20)28(36)17-9-18(14-33-4-3-21-23(30)11-19(29)12-24(21)33)27-22(10-17)25(35)13-26(38-27)32-5-7-37-8-6-32/h9-13,20H,3-8,14-16H2,1-2H3. The number of carbonyl (C=O) groups excluding carboxylic acids is 1. The fourth-order valence-electron chi connectivity index (χ4n) is 5.48. The van der Waals surface area contributed by atoms with Gasteiger partial charge in [-0.1, -0.05) is 0 Å². The number of nitrogens with zero attached hydrogens (tertiary/aromatic N) is 4. The molecular formula is C28H30F2N4O4. The molecule has 0 bridgehead atoms. The first-order valence-corrected chi connectivity index (χ1v) is 12.9. The SMILES string of the molecule is CN(C)C1CN(C(=O)c2cc(CN3CCc4c(F)cc(F)cc43)c3oc(N4CCOCC4)cc(=O)c3c2)C1. The van der Waals surface area contributed by atoms with Crippen molar-refractivity contribution in [2.45, 2.75) is 19.0 Å². The van der Waals surface area contributed by atoms with Gasteiger partial charge in [0.1, 0.15) is 17.2 Å². The summed E-state index contributed by atoms with van der Waals surface area (Å²) in [5.74, 6) is -0.912. The van der Waals surface area contributed by atoms with E-state index in [0.29, 0.717) is 97.6 Å². The van der Waals surface area contributed by atoms with Gasteiger partial charge in [-0.25, -0.2) is 8.78 Å². The van der Waals surface area contributed by atoms with Crippen molar-refractivity contribution in [1.82, 2.24) is 9.80 Å². The Labute approximate surface area is 219 Å². The Hall–Kier alpha value is -3.50. The highest BCUT2D eigenvalue weighted by Gasteiger charge is 2.33. The Balaban J connectivity index is 1.42. The van der Waals surface area contributed by atoms with Gasteiger partial charge >= 0.3 is 0 Å². The molecule has 3 aromatic rings.